The van der Waals surface area contributed by atoms with Crippen molar-refractivity contribution in [1.29, 1.82) is 0 Å². The second-order valence-corrected chi connectivity index (χ2v) is 12.8. The Hall–Kier alpha value is -4.36. The van der Waals surface area contributed by atoms with Crippen LogP contribution in [0.4, 0.5) is 0 Å². The number of aryl methyl sites for hydroxylation is 1. The summed E-state index contributed by atoms with van der Waals surface area (Å²) in [7, 11) is -0.896. The molecule has 0 aliphatic heterocycles. The number of rotatable bonds is 13. The maximum atomic E-state index is 13.7. The number of amides is 2. The molecule has 0 saturated heterocycles. The molecule has 242 valence electrons. The molecule has 2 N–H and O–H groups in total. The van der Waals surface area contributed by atoms with Crippen LogP contribution in [0.3, 0.4) is 0 Å². The summed E-state index contributed by atoms with van der Waals surface area (Å²) in [6, 6.07) is 19.9. The molecule has 0 unspecified atom stereocenters. The molecule has 0 fully saturated rings. The monoisotopic (exact) mass is 686 g/mol. The Morgan fingerprint density at radius 2 is 1.65 bits per heavy atom. The minimum Gasteiger partial charge on any atom is -0.493 e. The smallest absolute Gasteiger partial charge is 0.329 e. The number of carbonyl (C=O) groups excluding carboxylic acids is 2. The van der Waals surface area contributed by atoms with Gasteiger partial charge in [0.05, 0.1) is 31.9 Å². The molecular formula is C32H32Cl2N4O7S. The molecule has 0 aliphatic rings. The van der Waals surface area contributed by atoms with Crippen molar-refractivity contribution in [2.45, 2.75) is 31.3 Å². The SMILES string of the molecule is COc1ccc(CCNC(=O)C(=O)N/N=C/c2ccc(CN(Cc3ccc(Cl)cc3Cl)S(=O)(=O)c3ccc(C)cc3)o2)cc1OC. The summed E-state index contributed by atoms with van der Waals surface area (Å²) in [5.74, 6) is -0.154. The van der Waals surface area contributed by atoms with Gasteiger partial charge in [-0.2, -0.15) is 9.41 Å². The van der Waals surface area contributed by atoms with Crippen molar-refractivity contribution in [3.63, 3.8) is 0 Å². The molecule has 3 aromatic carbocycles. The average molecular weight is 688 g/mol. The van der Waals surface area contributed by atoms with Crippen molar-refractivity contribution in [3.05, 3.63) is 111 Å². The molecule has 4 aromatic rings. The Bertz CT molecular complexity index is 1830. The lowest BCUT2D eigenvalue weighted by molar-refractivity contribution is -0.139. The van der Waals surface area contributed by atoms with Crippen LogP contribution in [0.1, 0.15) is 28.2 Å². The van der Waals surface area contributed by atoms with Crippen LogP contribution in [0.15, 0.2) is 87.2 Å². The van der Waals surface area contributed by atoms with Gasteiger partial charge in [0, 0.05) is 23.1 Å². The summed E-state index contributed by atoms with van der Waals surface area (Å²) >= 11 is 12.4. The van der Waals surface area contributed by atoms with Crippen LogP contribution in [0.2, 0.25) is 10.0 Å². The van der Waals surface area contributed by atoms with Gasteiger partial charge in [0.25, 0.3) is 0 Å². The minimum absolute atomic E-state index is 0.0481. The van der Waals surface area contributed by atoms with Gasteiger partial charge in [-0.25, -0.2) is 13.8 Å². The summed E-state index contributed by atoms with van der Waals surface area (Å²) in [6.07, 6.45) is 1.66. The van der Waals surface area contributed by atoms with E-state index in [1.807, 2.05) is 13.0 Å². The van der Waals surface area contributed by atoms with Crippen molar-refractivity contribution in [2.75, 3.05) is 20.8 Å². The Kier molecular flexibility index (Phi) is 11.8. The number of nitrogens with zero attached hydrogens (tertiary/aromatic N) is 2. The number of carbonyl (C=O) groups is 2. The molecule has 0 radical (unpaired) electrons. The maximum Gasteiger partial charge on any atom is 0.329 e. The number of methoxy groups -OCH3 is 2. The third-order valence-corrected chi connectivity index (χ3v) is 9.14. The van der Waals surface area contributed by atoms with E-state index in [0.29, 0.717) is 39.3 Å². The predicted octanol–water partition coefficient (Wildman–Crippen LogP) is 5.11. The van der Waals surface area contributed by atoms with Crippen LogP contribution in [-0.2, 0) is 39.1 Å². The number of benzene rings is 3. The van der Waals surface area contributed by atoms with Crippen molar-refractivity contribution < 1.29 is 31.9 Å². The van der Waals surface area contributed by atoms with E-state index in [4.69, 9.17) is 37.1 Å². The van der Waals surface area contributed by atoms with E-state index in [2.05, 4.69) is 15.8 Å². The molecule has 1 heterocycles. The Morgan fingerprint density at radius 3 is 2.35 bits per heavy atom. The zero-order chi connectivity index (χ0) is 33.3. The van der Waals surface area contributed by atoms with Gasteiger partial charge in [0.2, 0.25) is 10.0 Å². The third kappa shape index (κ3) is 9.10. The van der Waals surface area contributed by atoms with Gasteiger partial charge in [0.1, 0.15) is 11.5 Å². The molecule has 0 saturated carbocycles. The highest BCUT2D eigenvalue weighted by molar-refractivity contribution is 7.89. The van der Waals surface area contributed by atoms with Gasteiger partial charge in [-0.15, -0.1) is 0 Å². The normalized spacial score (nSPS) is 11.5. The highest BCUT2D eigenvalue weighted by atomic mass is 35.5. The van der Waals surface area contributed by atoms with Crippen LogP contribution in [0.25, 0.3) is 0 Å². The first-order valence-corrected chi connectivity index (χ1v) is 16.1. The van der Waals surface area contributed by atoms with Gasteiger partial charge in [-0.3, -0.25) is 9.59 Å². The number of nitrogens with one attached hydrogen (secondary N) is 2. The zero-order valence-corrected chi connectivity index (χ0v) is 27.6. The molecule has 11 nitrogen and oxygen atoms in total. The number of ether oxygens (including phenoxy) is 2. The standard InChI is InChI=1S/C32H32Cl2N4O7S/c1-21-4-11-27(12-5-21)46(41,42)38(19-23-7-8-24(33)17-28(23)34)20-26-10-9-25(45-26)18-36-37-32(40)31(39)35-15-14-22-6-13-29(43-2)30(16-22)44-3/h4-13,16-18H,14-15,19-20H2,1-3H3,(H,35,39)(H,37,40)/b36-18+. The summed E-state index contributed by atoms with van der Waals surface area (Å²) in [6.45, 7) is 1.89. The van der Waals surface area contributed by atoms with Gasteiger partial charge >= 0.3 is 11.8 Å². The maximum absolute atomic E-state index is 13.7. The van der Waals surface area contributed by atoms with E-state index in [0.717, 1.165) is 11.1 Å². The van der Waals surface area contributed by atoms with Gasteiger partial charge in [0.15, 0.2) is 11.5 Å². The third-order valence-electron chi connectivity index (χ3n) is 6.75. The van der Waals surface area contributed by atoms with Crippen LogP contribution in [0.5, 0.6) is 11.5 Å². The van der Waals surface area contributed by atoms with E-state index in [9.17, 15) is 18.0 Å². The lowest BCUT2D eigenvalue weighted by atomic mass is 10.1. The molecular weight excluding hydrogens is 655 g/mol. The first kappa shape index (κ1) is 34.5. The Balaban J connectivity index is 1.37. The number of hydrazone groups is 1. The average Bonchev–Trinajstić information content (AvgIpc) is 3.48. The number of halogens is 2. The molecule has 1 aromatic heterocycles. The van der Waals surface area contributed by atoms with Crippen LogP contribution in [0, 0.1) is 6.92 Å². The highest BCUT2D eigenvalue weighted by Crippen LogP contribution is 2.28. The summed E-state index contributed by atoms with van der Waals surface area (Å²) < 4.78 is 44.8. The quantitative estimate of drug-likeness (QED) is 0.113. The fraction of sp³-hybridized carbons (Fsp3) is 0.219. The van der Waals surface area contributed by atoms with E-state index >= 15 is 0 Å². The largest absolute Gasteiger partial charge is 0.493 e. The summed E-state index contributed by atoms with van der Waals surface area (Å²) in [4.78, 5) is 24.5. The van der Waals surface area contributed by atoms with E-state index in [-0.39, 0.29) is 30.3 Å². The lowest BCUT2D eigenvalue weighted by Crippen LogP contribution is -2.38. The summed E-state index contributed by atoms with van der Waals surface area (Å²) in [5.41, 5.74) is 4.50. The molecule has 0 bridgehead atoms. The van der Waals surface area contributed by atoms with Gasteiger partial charge in [-0.05, 0) is 73.0 Å². The fourth-order valence-corrected chi connectivity index (χ4v) is 6.14. The number of hydrogen-bond donors (Lipinski definition) is 2. The number of sulfonamides is 1. The van der Waals surface area contributed by atoms with Crippen LogP contribution >= 0.6 is 23.2 Å². The van der Waals surface area contributed by atoms with E-state index < -0.39 is 21.8 Å². The number of furan rings is 1. The topological polar surface area (TPSA) is 140 Å². The Morgan fingerprint density at radius 1 is 0.913 bits per heavy atom. The Labute approximate surface area is 277 Å². The van der Waals surface area contributed by atoms with Crippen LogP contribution in [-0.4, -0.2) is 51.5 Å². The van der Waals surface area contributed by atoms with Crippen LogP contribution < -0.4 is 20.2 Å². The van der Waals surface area contributed by atoms with E-state index in [1.54, 1.807) is 61.7 Å². The summed E-state index contributed by atoms with van der Waals surface area (Å²) in [5, 5.41) is 7.06. The zero-order valence-electron chi connectivity index (χ0n) is 25.3. The number of hydrogen-bond acceptors (Lipinski definition) is 8. The van der Waals surface area contributed by atoms with Crippen molar-refractivity contribution in [3.8, 4) is 11.5 Å². The second kappa shape index (κ2) is 15.8. The predicted molar refractivity (Wildman–Crippen MR) is 175 cm³/mol. The van der Waals surface area contributed by atoms with Crippen molar-refractivity contribution >= 4 is 51.3 Å². The van der Waals surface area contributed by atoms with E-state index in [1.165, 1.54) is 29.8 Å². The lowest BCUT2D eigenvalue weighted by Gasteiger charge is -2.22. The first-order chi connectivity index (χ1) is 22.0. The molecule has 4 rings (SSSR count). The minimum atomic E-state index is -3.97. The second-order valence-electron chi connectivity index (χ2n) is 10.0. The molecule has 2 amide bonds. The molecule has 0 spiro atoms. The fourth-order valence-electron chi connectivity index (χ4n) is 4.29. The van der Waals surface area contributed by atoms with Gasteiger partial charge in [-0.1, -0.05) is 53.0 Å². The molecule has 0 atom stereocenters. The first-order valence-electron chi connectivity index (χ1n) is 13.9. The molecule has 14 heteroatoms. The van der Waals surface area contributed by atoms with Crippen molar-refractivity contribution in [1.82, 2.24) is 15.0 Å². The molecule has 0 aliphatic carbocycles. The van der Waals surface area contributed by atoms with Crippen molar-refractivity contribution in [2.24, 2.45) is 5.10 Å². The molecule has 46 heavy (non-hydrogen) atoms. The van der Waals surface area contributed by atoms with Gasteiger partial charge < -0.3 is 19.2 Å². The highest BCUT2D eigenvalue weighted by Gasteiger charge is 2.27.